The van der Waals surface area contributed by atoms with Crippen LogP contribution in [-0.2, 0) is 0 Å². The van der Waals surface area contributed by atoms with Crippen molar-refractivity contribution in [3.8, 4) is 0 Å². The Morgan fingerprint density at radius 1 is 1.33 bits per heavy atom. The summed E-state index contributed by atoms with van der Waals surface area (Å²) < 4.78 is 13.0. The van der Waals surface area contributed by atoms with Gasteiger partial charge < -0.3 is 0 Å². The molecule has 0 aliphatic rings. The van der Waals surface area contributed by atoms with Crippen molar-refractivity contribution in [2.75, 3.05) is 0 Å². The molecule has 0 unspecified atom stereocenters. The van der Waals surface area contributed by atoms with E-state index in [1.807, 2.05) is 0 Å². The maximum atomic E-state index is 13.0. The first kappa shape index (κ1) is 6.97. The van der Waals surface area contributed by atoms with Crippen molar-refractivity contribution in [3.05, 3.63) is 40.8 Å². The zero-order chi connectivity index (χ0) is 8.55. The Morgan fingerprint density at radius 2 is 2.08 bits per heavy atom. The van der Waals surface area contributed by atoms with Crippen LogP contribution in [0.15, 0.2) is 35.3 Å². The predicted octanol–water partition coefficient (Wildman–Crippen LogP) is 1.13. The van der Waals surface area contributed by atoms with Crippen LogP contribution in [0.5, 0.6) is 0 Å². The van der Waals surface area contributed by atoms with Crippen LogP contribution in [-0.4, -0.2) is 9.77 Å². The maximum absolute atomic E-state index is 13.0. The summed E-state index contributed by atoms with van der Waals surface area (Å²) in [5, 5.41) is 0. The van der Waals surface area contributed by atoms with E-state index in [0.29, 0.717) is 5.52 Å². The molecule has 0 N–H and O–H groups in total. The molecule has 1 aromatic carbocycles. The average molecular weight is 164 g/mol. The molecule has 4 heteroatoms. The molecule has 0 atom stereocenters. The van der Waals surface area contributed by atoms with Crippen molar-refractivity contribution in [2.24, 2.45) is 0 Å². The molecule has 2 aromatic rings. The summed E-state index contributed by atoms with van der Waals surface area (Å²) in [5.74, 6) is 0. The normalized spacial score (nSPS) is 10.4. The monoisotopic (exact) mass is 164 g/mol. The van der Waals surface area contributed by atoms with E-state index in [4.69, 9.17) is 0 Å². The molecule has 0 amide bonds. The third kappa shape index (κ3) is 0.887. The first-order valence-electron chi connectivity index (χ1n) is 3.42. The van der Waals surface area contributed by atoms with Crippen molar-refractivity contribution in [2.45, 2.75) is 0 Å². The zero-order valence-electron chi connectivity index (χ0n) is 6.07. The second-order valence-corrected chi connectivity index (χ2v) is 2.37. The molecular weight excluding hydrogens is 159 g/mol. The molecule has 0 radical (unpaired) electrons. The summed E-state index contributed by atoms with van der Waals surface area (Å²) in [6.07, 6.45) is 0.961. The van der Waals surface area contributed by atoms with Crippen LogP contribution >= 0.6 is 0 Å². The van der Waals surface area contributed by atoms with Gasteiger partial charge in [0.05, 0.1) is 11.7 Å². The highest BCUT2D eigenvalue weighted by Crippen LogP contribution is 2.06. The summed E-state index contributed by atoms with van der Waals surface area (Å²) in [6.45, 7) is 0. The molecule has 60 valence electrons. The number of rotatable bonds is 0. The van der Waals surface area contributed by atoms with Gasteiger partial charge >= 0.3 is 0 Å². The number of hydrogen-bond acceptors (Lipinski definition) is 2. The smallest absolute Gasteiger partial charge is 0.265 e. The second-order valence-electron chi connectivity index (χ2n) is 2.37. The van der Waals surface area contributed by atoms with Gasteiger partial charge in [-0.25, -0.2) is 4.98 Å². The quantitative estimate of drug-likeness (QED) is 0.585. The SMILES string of the molecule is O=c1cnc2ccccc2n1F. The molecule has 12 heavy (non-hydrogen) atoms. The van der Waals surface area contributed by atoms with Crippen LogP contribution in [0.1, 0.15) is 0 Å². The van der Waals surface area contributed by atoms with Gasteiger partial charge in [-0.1, -0.05) is 16.6 Å². The van der Waals surface area contributed by atoms with E-state index < -0.39 is 5.56 Å². The Hall–Kier alpha value is -1.71. The summed E-state index contributed by atoms with van der Waals surface area (Å²) in [4.78, 5) is 14.6. The van der Waals surface area contributed by atoms with Crippen LogP contribution < -0.4 is 5.56 Å². The number of halogens is 1. The van der Waals surface area contributed by atoms with Crippen molar-refractivity contribution in [1.29, 1.82) is 0 Å². The molecule has 0 spiro atoms. The minimum atomic E-state index is -0.742. The third-order valence-corrected chi connectivity index (χ3v) is 1.60. The van der Waals surface area contributed by atoms with Crippen molar-refractivity contribution in [3.63, 3.8) is 0 Å². The summed E-state index contributed by atoms with van der Waals surface area (Å²) in [7, 11) is 0. The maximum Gasteiger partial charge on any atom is 0.297 e. The lowest BCUT2D eigenvalue weighted by atomic mass is 10.3. The van der Waals surface area contributed by atoms with E-state index in [1.165, 1.54) is 6.07 Å². The molecule has 1 aromatic heterocycles. The first-order valence-corrected chi connectivity index (χ1v) is 3.42. The molecule has 2 rings (SSSR count). The fourth-order valence-electron chi connectivity index (χ4n) is 1.03. The minimum absolute atomic E-state index is 0.0856. The van der Waals surface area contributed by atoms with E-state index in [0.717, 1.165) is 6.20 Å². The van der Waals surface area contributed by atoms with Gasteiger partial charge in [0.25, 0.3) is 5.56 Å². The summed E-state index contributed by atoms with van der Waals surface area (Å²) in [5.41, 5.74) is -0.0710. The van der Waals surface area contributed by atoms with Crippen molar-refractivity contribution < 1.29 is 4.48 Å². The molecule has 0 fully saturated rings. The minimum Gasteiger partial charge on any atom is -0.265 e. The van der Waals surface area contributed by atoms with Crippen LogP contribution in [0, 0.1) is 0 Å². The molecule has 0 aliphatic heterocycles. The van der Waals surface area contributed by atoms with E-state index in [9.17, 15) is 9.28 Å². The first-order chi connectivity index (χ1) is 5.79. The van der Waals surface area contributed by atoms with Crippen LogP contribution in [0.3, 0.4) is 0 Å². The van der Waals surface area contributed by atoms with Gasteiger partial charge in [-0.2, -0.15) is 0 Å². The number of benzene rings is 1. The molecule has 1 heterocycles. The molecule has 0 aliphatic carbocycles. The lowest BCUT2D eigenvalue weighted by Gasteiger charge is -1.96. The third-order valence-electron chi connectivity index (χ3n) is 1.60. The van der Waals surface area contributed by atoms with Gasteiger partial charge in [0.15, 0.2) is 0 Å². The molecular formula is C8H5FN2O. The topological polar surface area (TPSA) is 34.9 Å². The largest absolute Gasteiger partial charge is 0.297 e. The van der Waals surface area contributed by atoms with Gasteiger partial charge in [-0.15, -0.1) is 4.79 Å². The highest BCUT2D eigenvalue weighted by atomic mass is 19.2. The Labute approximate surface area is 67.0 Å². The van der Waals surface area contributed by atoms with Gasteiger partial charge in [-0.3, -0.25) is 4.79 Å². The van der Waals surface area contributed by atoms with E-state index in [-0.39, 0.29) is 10.3 Å². The van der Waals surface area contributed by atoms with Gasteiger partial charge in [0, 0.05) is 0 Å². The van der Waals surface area contributed by atoms with Gasteiger partial charge in [0.1, 0.15) is 5.52 Å². The molecule has 0 saturated carbocycles. The highest BCUT2D eigenvalue weighted by molar-refractivity contribution is 5.73. The van der Waals surface area contributed by atoms with Crippen LogP contribution in [0.2, 0.25) is 0 Å². The Bertz CT molecular complexity index is 478. The molecule has 0 saturated heterocycles. The van der Waals surface area contributed by atoms with Crippen LogP contribution in [0.4, 0.5) is 4.48 Å². The zero-order valence-corrected chi connectivity index (χ0v) is 6.07. The Kier molecular flexibility index (Phi) is 1.40. The summed E-state index contributed by atoms with van der Waals surface area (Å²) in [6, 6.07) is 6.54. The number of para-hydroxylation sites is 2. The molecule has 0 bridgehead atoms. The lowest BCUT2D eigenvalue weighted by Crippen LogP contribution is -2.13. The Balaban J connectivity index is 3.01. The van der Waals surface area contributed by atoms with Crippen molar-refractivity contribution in [1.82, 2.24) is 9.77 Å². The average Bonchev–Trinajstić information content (AvgIpc) is 2.12. The highest BCUT2D eigenvalue weighted by Gasteiger charge is 2.00. The van der Waals surface area contributed by atoms with Crippen LogP contribution in [0.25, 0.3) is 11.0 Å². The standard InChI is InChI=1S/C8H5FN2O/c9-11-7-4-2-1-3-6(7)10-5-8(11)12/h1-5H. The number of nitrogens with zero attached hydrogens (tertiary/aromatic N) is 2. The number of hydrogen-bond donors (Lipinski definition) is 0. The van der Waals surface area contributed by atoms with Gasteiger partial charge in [-0.05, 0) is 12.1 Å². The predicted molar refractivity (Wildman–Crippen MR) is 42.5 cm³/mol. The van der Waals surface area contributed by atoms with E-state index in [1.54, 1.807) is 18.2 Å². The van der Waals surface area contributed by atoms with Crippen molar-refractivity contribution >= 4 is 11.0 Å². The van der Waals surface area contributed by atoms with E-state index in [2.05, 4.69) is 4.98 Å². The molecule has 3 nitrogen and oxygen atoms in total. The second kappa shape index (κ2) is 2.41. The lowest BCUT2D eigenvalue weighted by molar-refractivity contribution is 0.369. The fraction of sp³-hybridized carbons (Fsp3) is 0. The number of aromatic nitrogens is 2. The summed E-state index contributed by atoms with van der Waals surface area (Å²) >= 11 is 0. The van der Waals surface area contributed by atoms with E-state index >= 15 is 0 Å². The fourth-order valence-corrected chi connectivity index (χ4v) is 1.03. The van der Waals surface area contributed by atoms with Gasteiger partial charge in [0.2, 0.25) is 0 Å². The Morgan fingerprint density at radius 3 is 2.92 bits per heavy atom. The number of fused-ring (bicyclic) bond motifs is 1.